The molecule has 1 heterocycles. The summed E-state index contributed by atoms with van der Waals surface area (Å²) in [7, 11) is 1.62. The van der Waals surface area contributed by atoms with Gasteiger partial charge in [0.2, 0.25) is 0 Å². The number of hydrogen-bond acceptors (Lipinski definition) is 2. The molecule has 2 N–H and O–H groups in total. The van der Waals surface area contributed by atoms with Gasteiger partial charge < -0.3 is 15.5 Å². The lowest BCUT2D eigenvalue weighted by molar-refractivity contribution is 0.254. The highest BCUT2D eigenvalue weighted by Gasteiger charge is 2.25. The molecule has 2 amide bonds. The van der Waals surface area contributed by atoms with Crippen molar-refractivity contribution < 1.29 is 4.79 Å². The molecule has 1 aromatic carbocycles. The van der Waals surface area contributed by atoms with Crippen LogP contribution < -0.4 is 10.6 Å². The molecule has 1 aliphatic heterocycles. The molecule has 0 aromatic heterocycles. The molecule has 4 heteroatoms. The van der Waals surface area contributed by atoms with Crippen LogP contribution in [-0.2, 0) is 6.42 Å². The summed E-state index contributed by atoms with van der Waals surface area (Å²) in [5.41, 5.74) is 2.12. The lowest BCUT2D eigenvalue weighted by Gasteiger charge is -2.15. The zero-order chi connectivity index (χ0) is 14.5. The molecule has 0 aliphatic carbocycles. The van der Waals surface area contributed by atoms with E-state index in [2.05, 4.69) is 41.5 Å². The third-order valence-electron chi connectivity index (χ3n) is 4.19. The molecule has 1 saturated heterocycles. The van der Waals surface area contributed by atoms with E-state index in [9.17, 15) is 4.79 Å². The highest BCUT2D eigenvalue weighted by Crippen LogP contribution is 2.22. The maximum Gasteiger partial charge on any atom is 0.318 e. The summed E-state index contributed by atoms with van der Waals surface area (Å²) in [6.45, 7) is 8.17. The quantitative estimate of drug-likeness (QED) is 0.887. The van der Waals surface area contributed by atoms with Crippen LogP contribution in [0.1, 0.15) is 19.4 Å². The molecule has 0 saturated carbocycles. The van der Waals surface area contributed by atoms with Crippen LogP contribution in [0.25, 0.3) is 0 Å². The topological polar surface area (TPSA) is 44.4 Å². The Morgan fingerprint density at radius 3 is 2.65 bits per heavy atom. The van der Waals surface area contributed by atoms with E-state index in [1.807, 2.05) is 12.1 Å². The van der Waals surface area contributed by atoms with E-state index in [4.69, 9.17) is 0 Å². The molecule has 2 rings (SSSR count). The van der Waals surface area contributed by atoms with Gasteiger partial charge in [-0.05, 0) is 36.0 Å². The average Bonchev–Trinajstić information content (AvgIpc) is 2.76. The van der Waals surface area contributed by atoms with Crippen LogP contribution in [0.4, 0.5) is 10.5 Å². The maximum absolute atomic E-state index is 11.3. The van der Waals surface area contributed by atoms with Crippen LogP contribution in [0.15, 0.2) is 24.3 Å². The largest absolute Gasteiger partial charge is 0.341 e. The van der Waals surface area contributed by atoms with Gasteiger partial charge in [-0.1, -0.05) is 26.0 Å². The Bertz CT molecular complexity index is 451. The Morgan fingerprint density at radius 1 is 1.30 bits per heavy atom. The SMILES string of the molecule is CNC(=O)Nc1cccc(CCN2CC(C)C(C)C2)c1. The first-order valence-corrected chi connectivity index (χ1v) is 7.38. The minimum absolute atomic E-state index is 0.177. The molecular weight excluding hydrogens is 250 g/mol. The molecule has 0 radical (unpaired) electrons. The number of amides is 2. The number of benzene rings is 1. The van der Waals surface area contributed by atoms with E-state index in [0.717, 1.165) is 30.5 Å². The molecule has 1 fully saturated rings. The molecule has 1 aliphatic rings. The second kappa shape index (κ2) is 6.75. The molecule has 0 spiro atoms. The van der Waals surface area contributed by atoms with Gasteiger partial charge >= 0.3 is 6.03 Å². The van der Waals surface area contributed by atoms with Gasteiger partial charge in [-0.3, -0.25) is 0 Å². The van der Waals surface area contributed by atoms with Crippen molar-refractivity contribution in [3.05, 3.63) is 29.8 Å². The molecule has 2 unspecified atom stereocenters. The minimum atomic E-state index is -0.177. The standard InChI is InChI=1S/C16H25N3O/c1-12-10-19(11-13(12)2)8-7-14-5-4-6-15(9-14)18-16(20)17-3/h4-6,9,12-13H,7-8,10-11H2,1-3H3,(H2,17,18,20). The smallest absolute Gasteiger partial charge is 0.318 e. The fraction of sp³-hybridized carbons (Fsp3) is 0.562. The van der Waals surface area contributed by atoms with Gasteiger partial charge in [-0.15, -0.1) is 0 Å². The van der Waals surface area contributed by atoms with E-state index in [1.165, 1.54) is 18.7 Å². The lowest BCUT2D eigenvalue weighted by atomic mass is 10.0. The first-order chi connectivity index (χ1) is 9.58. The number of likely N-dealkylation sites (tertiary alicyclic amines) is 1. The van der Waals surface area contributed by atoms with Crippen molar-refractivity contribution in [2.75, 3.05) is 32.0 Å². The van der Waals surface area contributed by atoms with Crippen molar-refractivity contribution in [1.29, 1.82) is 0 Å². The zero-order valence-electron chi connectivity index (χ0n) is 12.6. The van der Waals surface area contributed by atoms with Crippen LogP contribution in [0, 0.1) is 11.8 Å². The summed E-state index contributed by atoms with van der Waals surface area (Å²) in [4.78, 5) is 13.8. The summed E-state index contributed by atoms with van der Waals surface area (Å²) >= 11 is 0. The van der Waals surface area contributed by atoms with Crippen LogP contribution in [0.3, 0.4) is 0 Å². The Kier molecular flexibility index (Phi) is 5.01. The predicted molar refractivity (Wildman–Crippen MR) is 83.0 cm³/mol. The van der Waals surface area contributed by atoms with Gasteiger partial charge in [-0.2, -0.15) is 0 Å². The van der Waals surface area contributed by atoms with Crippen molar-refractivity contribution in [3.8, 4) is 0 Å². The Balaban J connectivity index is 1.87. The monoisotopic (exact) mass is 275 g/mol. The number of hydrogen-bond donors (Lipinski definition) is 2. The third kappa shape index (κ3) is 3.97. The van der Waals surface area contributed by atoms with Gasteiger partial charge in [0, 0.05) is 32.4 Å². The highest BCUT2D eigenvalue weighted by molar-refractivity contribution is 5.89. The second-order valence-corrected chi connectivity index (χ2v) is 5.87. The Morgan fingerprint density at radius 2 is 2.00 bits per heavy atom. The number of rotatable bonds is 4. The van der Waals surface area contributed by atoms with Crippen molar-refractivity contribution in [3.63, 3.8) is 0 Å². The number of nitrogens with one attached hydrogen (secondary N) is 2. The van der Waals surface area contributed by atoms with Crippen LogP contribution in [0.2, 0.25) is 0 Å². The predicted octanol–water partition coefficient (Wildman–Crippen LogP) is 2.57. The lowest BCUT2D eigenvalue weighted by Crippen LogP contribution is -2.25. The minimum Gasteiger partial charge on any atom is -0.341 e. The van der Waals surface area contributed by atoms with Gasteiger partial charge in [0.1, 0.15) is 0 Å². The van der Waals surface area contributed by atoms with E-state index >= 15 is 0 Å². The molecule has 0 bridgehead atoms. The normalized spacial score (nSPS) is 22.8. The summed E-state index contributed by atoms with van der Waals surface area (Å²) in [6, 6.07) is 7.91. The summed E-state index contributed by atoms with van der Waals surface area (Å²) in [5.74, 6) is 1.60. The number of nitrogens with zero attached hydrogens (tertiary/aromatic N) is 1. The first kappa shape index (κ1) is 14.9. The van der Waals surface area contributed by atoms with E-state index in [-0.39, 0.29) is 6.03 Å². The van der Waals surface area contributed by atoms with Crippen molar-refractivity contribution >= 4 is 11.7 Å². The van der Waals surface area contributed by atoms with Crippen molar-refractivity contribution in [2.45, 2.75) is 20.3 Å². The zero-order valence-corrected chi connectivity index (χ0v) is 12.6. The van der Waals surface area contributed by atoms with Crippen LogP contribution in [-0.4, -0.2) is 37.6 Å². The van der Waals surface area contributed by atoms with Gasteiger partial charge in [0.15, 0.2) is 0 Å². The Hall–Kier alpha value is -1.55. The summed E-state index contributed by atoms with van der Waals surface area (Å²) in [6.07, 6.45) is 1.03. The Labute approximate surface area is 121 Å². The van der Waals surface area contributed by atoms with Gasteiger partial charge in [-0.25, -0.2) is 4.79 Å². The van der Waals surface area contributed by atoms with Gasteiger partial charge in [0.25, 0.3) is 0 Å². The number of anilines is 1. The van der Waals surface area contributed by atoms with Gasteiger partial charge in [0.05, 0.1) is 0 Å². The second-order valence-electron chi connectivity index (χ2n) is 5.87. The maximum atomic E-state index is 11.3. The molecule has 2 atom stereocenters. The van der Waals surface area contributed by atoms with E-state index in [1.54, 1.807) is 7.05 Å². The molecular formula is C16H25N3O. The van der Waals surface area contributed by atoms with E-state index in [0.29, 0.717) is 0 Å². The molecule has 110 valence electrons. The van der Waals surface area contributed by atoms with E-state index < -0.39 is 0 Å². The number of carbonyl (C=O) groups is 1. The first-order valence-electron chi connectivity index (χ1n) is 7.38. The average molecular weight is 275 g/mol. The molecule has 4 nitrogen and oxygen atoms in total. The fourth-order valence-electron chi connectivity index (χ4n) is 2.72. The molecule has 1 aromatic rings. The van der Waals surface area contributed by atoms with Crippen molar-refractivity contribution in [2.24, 2.45) is 11.8 Å². The highest BCUT2D eigenvalue weighted by atomic mass is 16.2. The summed E-state index contributed by atoms with van der Waals surface area (Å²) < 4.78 is 0. The number of carbonyl (C=O) groups excluding carboxylic acids is 1. The fourth-order valence-corrected chi connectivity index (χ4v) is 2.72. The van der Waals surface area contributed by atoms with Crippen molar-refractivity contribution in [1.82, 2.24) is 10.2 Å². The summed E-state index contributed by atoms with van der Waals surface area (Å²) in [5, 5.41) is 5.37. The van der Waals surface area contributed by atoms with Crippen LogP contribution >= 0.6 is 0 Å². The number of urea groups is 1. The molecule has 20 heavy (non-hydrogen) atoms. The third-order valence-corrected chi connectivity index (χ3v) is 4.19. The van der Waals surface area contributed by atoms with Crippen LogP contribution in [0.5, 0.6) is 0 Å².